The van der Waals surface area contributed by atoms with Crippen molar-refractivity contribution in [3.05, 3.63) is 57.5 Å². The molecule has 5 heteroatoms. The second-order valence-corrected chi connectivity index (χ2v) is 4.56. The molecule has 0 saturated carbocycles. The molecule has 1 aromatic carbocycles. The Morgan fingerprint density at radius 1 is 1.29 bits per heavy atom. The largest absolute Gasteiger partial charge is 0.484 e. The molecule has 0 N–H and O–H groups in total. The molecule has 2 aromatic rings. The van der Waals surface area contributed by atoms with E-state index in [0.29, 0.717) is 10.7 Å². The maximum atomic E-state index is 13.4. The van der Waals surface area contributed by atoms with Crippen LogP contribution in [0.25, 0.3) is 0 Å². The van der Waals surface area contributed by atoms with Gasteiger partial charge >= 0.3 is 0 Å². The molecule has 0 spiro atoms. The van der Waals surface area contributed by atoms with Crippen molar-refractivity contribution in [2.24, 2.45) is 0 Å². The fraction of sp³-hybridized carbons (Fsp3) is 0.0833. The molecule has 0 saturated heterocycles. The van der Waals surface area contributed by atoms with E-state index < -0.39 is 5.82 Å². The van der Waals surface area contributed by atoms with Crippen molar-refractivity contribution in [3.8, 4) is 5.75 Å². The quantitative estimate of drug-likeness (QED) is 0.791. The van der Waals surface area contributed by atoms with Gasteiger partial charge in [-0.1, -0.05) is 17.7 Å². The van der Waals surface area contributed by atoms with E-state index in [1.165, 1.54) is 12.1 Å². The summed E-state index contributed by atoms with van der Waals surface area (Å²) >= 11 is 8.89. The monoisotopic (exact) mass is 315 g/mol. The number of benzene rings is 1. The fourth-order valence-electron chi connectivity index (χ4n) is 1.27. The molecular formula is C12H8BrClFNO. The molecule has 2 nitrogen and oxygen atoms in total. The molecule has 0 unspecified atom stereocenters. The van der Waals surface area contributed by atoms with E-state index in [-0.39, 0.29) is 12.4 Å². The van der Waals surface area contributed by atoms with Crippen LogP contribution in [0.3, 0.4) is 0 Å². The molecule has 1 aromatic heterocycles. The van der Waals surface area contributed by atoms with Crippen molar-refractivity contribution in [3.63, 3.8) is 0 Å². The van der Waals surface area contributed by atoms with Gasteiger partial charge < -0.3 is 4.74 Å². The Hall–Kier alpha value is -1.13. The molecule has 0 aliphatic rings. The lowest BCUT2D eigenvalue weighted by Gasteiger charge is -2.07. The highest BCUT2D eigenvalue weighted by Crippen LogP contribution is 2.21. The van der Waals surface area contributed by atoms with Gasteiger partial charge in [-0.05, 0) is 46.3 Å². The van der Waals surface area contributed by atoms with Gasteiger partial charge in [0.15, 0.2) is 11.6 Å². The fourth-order valence-corrected chi connectivity index (χ4v) is 1.81. The SMILES string of the molecule is Fc1cc(Cl)ccc1OCc1cccc(Br)n1. The molecule has 1 heterocycles. The molecule has 0 radical (unpaired) electrons. The number of pyridine rings is 1. The number of hydrogen-bond acceptors (Lipinski definition) is 2. The predicted molar refractivity (Wildman–Crippen MR) is 67.7 cm³/mol. The average Bonchev–Trinajstić information content (AvgIpc) is 2.28. The molecular weight excluding hydrogens is 308 g/mol. The smallest absolute Gasteiger partial charge is 0.166 e. The molecule has 0 atom stereocenters. The topological polar surface area (TPSA) is 22.1 Å². The lowest BCUT2D eigenvalue weighted by Crippen LogP contribution is -1.99. The van der Waals surface area contributed by atoms with Crippen LogP contribution < -0.4 is 4.74 Å². The second kappa shape index (κ2) is 5.47. The summed E-state index contributed by atoms with van der Waals surface area (Å²) in [5, 5.41) is 0.343. The second-order valence-electron chi connectivity index (χ2n) is 3.32. The van der Waals surface area contributed by atoms with E-state index in [1.807, 2.05) is 12.1 Å². The molecule has 0 aliphatic carbocycles. The van der Waals surface area contributed by atoms with Crippen LogP contribution in [0.5, 0.6) is 5.75 Å². The number of hydrogen-bond donors (Lipinski definition) is 0. The van der Waals surface area contributed by atoms with Crippen LogP contribution in [0, 0.1) is 5.82 Å². The average molecular weight is 317 g/mol. The standard InChI is InChI=1S/C12H8BrClFNO/c13-12-3-1-2-9(16-12)7-17-11-5-4-8(14)6-10(11)15/h1-6H,7H2. The Morgan fingerprint density at radius 3 is 2.82 bits per heavy atom. The molecule has 0 amide bonds. The van der Waals surface area contributed by atoms with Crippen LogP contribution in [0.4, 0.5) is 4.39 Å². The van der Waals surface area contributed by atoms with Gasteiger partial charge in [-0.2, -0.15) is 0 Å². The van der Waals surface area contributed by atoms with Gasteiger partial charge in [0.2, 0.25) is 0 Å². The van der Waals surface area contributed by atoms with Crippen molar-refractivity contribution in [1.29, 1.82) is 0 Å². The van der Waals surface area contributed by atoms with Crippen molar-refractivity contribution >= 4 is 27.5 Å². The minimum Gasteiger partial charge on any atom is -0.484 e. The first-order valence-corrected chi connectivity index (χ1v) is 6.01. The van der Waals surface area contributed by atoms with E-state index in [0.717, 1.165) is 4.60 Å². The van der Waals surface area contributed by atoms with Crippen LogP contribution >= 0.6 is 27.5 Å². The zero-order chi connectivity index (χ0) is 12.3. The number of halogens is 3. The van der Waals surface area contributed by atoms with Crippen molar-refractivity contribution < 1.29 is 9.13 Å². The zero-order valence-corrected chi connectivity index (χ0v) is 11.0. The number of ether oxygens (including phenoxy) is 1. The Labute approximate surface area is 112 Å². The molecule has 0 bridgehead atoms. The highest BCUT2D eigenvalue weighted by atomic mass is 79.9. The predicted octanol–water partition coefficient (Wildman–Crippen LogP) is 4.22. The molecule has 88 valence electrons. The van der Waals surface area contributed by atoms with Crippen LogP contribution in [-0.4, -0.2) is 4.98 Å². The van der Waals surface area contributed by atoms with E-state index in [4.69, 9.17) is 16.3 Å². The van der Waals surface area contributed by atoms with Gasteiger partial charge in [0, 0.05) is 5.02 Å². The highest BCUT2D eigenvalue weighted by Gasteiger charge is 2.04. The zero-order valence-electron chi connectivity index (χ0n) is 8.66. The number of rotatable bonds is 3. The number of aromatic nitrogens is 1. The minimum absolute atomic E-state index is 0.163. The highest BCUT2D eigenvalue weighted by molar-refractivity contribution is 9.10. The lowest BCUT2D eigenvalue weighted by atomic mass is 10.3. The summed E-state index contributed by atoms with van der Waals surface area (Å²) in [4.78, 5) is 4.18. The summed E-state index contributed by atoms with van der Waals surface area (Å²) in [5.41, 5.74) is 0.716. The van der Waals surface area contributed by atoms with E-state index in [9.17, 15) is 4.39 Å². The Bertz CT molecular complexity index is 536. The third kappa shape index (κ3) is 3.41. The van der Waals surface area contributed by atoms with Gasteiger partial charge in [-0.15, -0.1) is 0 Å². The van der Waals surface area contributed by atoms with Gasteiger partial charge in [-0.3, -0.25) is 0 Å². The molecule has 0 fully saturated rings. The maximum absolute atomic E-state index is 13.4. The van der Waals surface area contributed by atoms with Gasteiger partial charge in [0.25, 0.3) is 0 Å². The van der Waals surface area contributed by atoms with E-state index in [2.05, 4.69) is 20.9 Å². The lowest BCUT2D eigenvalue weighted by molar-refractivity contribution is 0.286. The molecule has 2 rings (SSSR count). The van der Waals surface area contributed by atoms with Crippen LogP contribution in [0.1, 0.15) is 5.69 Å². The van der Waals surface area contributed by atoms with Crippen molar-refractivity contribution in [2.75, 3.05) is 0 Å². The Balaban J connectivity index is 2.07. The summed E-state index contributed by atoms with van der Waals surface area (Å²) in [6.45, 7) is 0.206. The van der Waals surface area contributed by atoms with Gasteiger partial charge in [0.1, 0.15) is 11.2 Å². The normalized spacial score (nSPS) is 10.3. The first kappa shape index (κ1) is 12.3. The third-order valence-corrected chi connectivity index (χ3v) is 2.72. The minimum atomic E-state index is -0.479. The summed E-state index contributed by atoms with van der Waals surface area (Å²) in [5.74, 6) is -0.316. The molecule has 17 heavy (non-hydrogen) atoms. The number of nitrogens with zero attached hydrogens (tertiary/aromatic N) is 1. The van der Waals surface area contributed by atoms with E-state index in [1.54, 1.807) is 12.1 Å². The summed E-state index contributed by atoms with van der Waals surface area (Å²) < 4.78 is 19.4. The van der Waals surface area contributed by atoms with Crippen LogP contribution in [0.15, 0.2) is 41.0 Å². The van der Waals surface area contributed by atoms with Gasteiger partial charge in [0.05, 0.1) is 5.69 Å². The first-order chi connectivity index (χ1) is 8.15. The summed E-state index contributed by atoms with van der Waals surface area (Å²) in [6, 6.07) is 9.74. The maximum Gasteiger partial charge on any atom is 0.166 e. The summed E-state index contributed by atoms with van der Waals surface area (Å²) in [7, 11) is 0. The van der Waals surface area contributed by atoms with Crippen molar-refractivity contribution in [2.45, 2.75) is 6.61 Å². The summed E-state index contributed by atoms with van der Waals surface area (Å²) in [6.07, 6.45) is 0. The van der Waals surface area contributed by atoms with E-state index >= 15 is 0 Å². The van der Waals surface area contributed by atoms with Crippen LogP contribution in [-0.2, 0) is 6.61 Å². The Morgan fingerprint density at radius 2 is 2.12 bits per heavy atom. The van der Waals surface area contributed by atoms with Gasteiger partial charge in [-0.25, -0.2) is 9.37 Å². The first-order valence-electron chi connectivity index (χ1n) is 4.84. The Kier molecular flexibility index (Phi) is 3.97. The third-order valence-electron chi connectivity index (χ3n) is 2.04. The van der Waals surface area contributed by atoms with Crippen LogP contribution in [0.2, 0.25) is 5.02 Å². The van der Waals surface area contributed by atoms with Crippen molar-refractivity contribution in [1.82, 2.24) is 4.98 Å². The molecule has 0 aliphatic heterocycles.